The third-order valence-corrected chi connectivity index (χ3v) is 4.93. The first-order valence-electron chi connectivity index (χ1n) is 10.0. The molecule has 0 spiro atoms. The lowest BCUT2D eigenvalue weighted by molar-refractivity contribution is 0.0971. The molecule has 154 valence electrons. The van der Waals surface area contributed by atoms with Gasteiger partial charge in [-0.1, -0.05) is 12.1 Å². The lowest BCUT2D eigenvalue weighted by atomic mass is 10.2. The van der Waals surface area contributed by atoms with Gasteiger partial charge in [0.25, 0.3) is 0 Å². The van der Waals surface area contributed by atoms with Gasteiger partial charge in [0, 0.05) is 31.9 Å². The molecule has 2 N–H and O–H groups in total. The summed E-state index contributed by atoms with van der Waals surface area (Å²) in [6.45, 7) is 5.15. The first-order valence-corrected chi connectivity index (χ1v) is 10.0. The Morgan fingerprint density at radius 2 is 2.14 bits per heavy atom. The summed E-state index contributed by atoms with van der Waals surface area (Å²) in [5.74, 6) is 2.36. The van der Waals surface area contributed by atoms with Crippen LogP contribution in [0.5, 0.6) is 11.5 Å². The molecular formula is C21H26FN5O2. The molecule has 3 heterocycles. The van der Waals surface area contributed by atoms with Crippen LogP contribution in [0.4, 0.5) is 10.2 Å². The van der Waals surface area contributed by atoms with E-state index in [4.69, 9.17) is 9.47 Å². The maximum absolute atomic E-state index is 14.0. The number of anilines is 1. The Bertz CT molecular complexity index is 862. The molecule has 0 saturated carbocycles. The van der Waals surface area contributed by atoms with Crippen molar-refractivity contribution in [2.75, 3.05) is 37.7 Å². The quantitative estimate of drug-likeness (QED) is 0.593. The minimum absolute atomic E-state index is 0.136. The second kappa shape index (κ2) is 8.98. The van der Waals surface area contributed by atoms with E-state index in [0.29, 0.717) is 25.5 Å². The van der Waals surface area contributed by atoms with Crippen molar-refractivity contribution in [1.82, 2.24) is 15.6 Å². The second-order valence-corrected chi connectivity index (χ2v) is 7.10. The van der Waals surface area contributed by atoms with Gasteiger partial charge >= 0.3 is 0 Å². The lowest BCUT2D eigenvalue weighted by Crippen LogP contribution is -2.45. The van der Waals surface area contributed by atoms with Crippen molar-refractivity contribution >= 4 is 11.8 Å². The fraction of sp³-hybridized carbons (Fsp3) is 0.429. The molecule has 1 aromatic heterocycles. The molecule has 1 saturated heterocycles. The van der Waals surface area contributed by atoms with Crippen LogP contribution in [0.25, 0.3) is 0 Å². The van der Waals surface area contributed by atoms with E-state index in [1.807, 2.05) is 36.1 Å². The zero-order chi connectivity index (χ0) is 20.1. The molecule has 1 aromatic carbocycles. The minimum atomic E-state index is -0.288. The Morgan fingerprint density at radius 3 is 2.97 bits per heavy atom. The number of halogens is 1. The summed E-state index contributed by atoms with van der Waals surface area (Å²) in [5, 5.41) is 6.71. The Morgan fingerprint density at radius 1 is 1.28 bits per heavy atom. The van der Waals surface area contributed by atoms with E-state index in [2.05, 4.69) is 20.6 Å². The summed E-state index contributed by atoms with van der Waals surface area (Å²) in [6, 6.07) is 10.9. The van der Waals surface area contributed by atoms with Crippen LogP contribution in [0.15, 0.2) is 47.6 Å². The molecule has 4 rings (SSSR count). The summed E-state index contributed by atoms with van der Waals surface area (Å²) in [6.07, 6.45) is 2.37. The van der Waals surface area contributed by atoms with Crippen LogP contribution in [-0.2, 0) is 0 Å². The predicted molar refractivity (Wildman–Crippen MR) is 110 cm³/mol. The van der Waals surface area contributed by atoms with E-state index in [0.717, 1.165) is 37.0 Å². The maximum Gasteiger partial charge on any atom is 0.191 e. The number of rotatable bonds is 5. The topological polar surface area (TPSA) is 71.0 Å². The van der Waals surface area contributed by atoms with E-state index in [9.17, 15) is 4.39 Å². The average Bonchev–Trinajstić information content (AvgIpc) is 3.20. The smallest absolute Gasteiger partial charge is 0.191 e. The number of hydrogen-bond acceptors (Lipinski definition) is 5. The third kappa shape index (κ3) is 4.70. The zero-order valence-electron chi connectivity index (χ0n) is 16.5. The fourth-order valence-electron chi connectivity index (χ4n) is 3.54. The molecule has 2 aromatic rings. The Kier molecular flexibility index (Phi) is 5.97. The molecule has 29 heavy (non-hydrogen) atoms. The Balaban J connectivity index is 1.34. The van der Waals surface area contributed by atoms with Crippen LogP contribution in [0, 0.1) is 5.82 Å². The summed E-state index contributed by atoms with van der Waals surface area (Å²) in [5.41, 5.74) is 0. The van der Waals surface area contributed by atoms with Crippen LogP contribution in [0.3, 0.4) is 0 Å². The van der Waals surface area contributed by atoms with Gasteiger partial charge in [-0.3, -0.25) is 0 Å². The molecule has 2 unspecified atom stereocenters. The molecule has 0 aliphatic carbocycles. The van der Waals surface area contributed by atoms with Crippen molar-refractivity contribution in [3.05, 3.63) is 48.4 Å². The number of fused-ring (bicyclic) bond motifs is 1. The number of para-hydroxylation sites is 2. The summed E-state index contributed by atoms with van der Waals surface area (Å²) in [4.78, 5) is 10.8. The number of nitrogens with zero attached hydrogens (tertiary/aromatic N) is 3. The van der Waals surface area contributed by atoms with Crippen molar-refractivity contribution in [1.29, 1.82) is 0 Å². The number of benzene rings is 1. The normalized spacial score (nSPS) is 21.2. The van der Waals surface area contributed by atoms with Crippen molar-refractivity contribution < 1.29 is 13.9 Å². The molecule has 1 fully saturated rings. The van der Waals surface area contributed by atoms with Crippen LogP contribution in [0.2, 0.25) is 0 Å². The predicted octanol–water partition coefficient (Wildman–Crippen LogP) is 2.19. The fourth-order valence-corrected chi connectivity index (χ4v) is 3.54. The number of nitrogens with one attached hydrogen (secondary N) is 2. The van der Waals surface area contributed by atoms with Gasteiger partial charge in [0.1, 0.15) is 6.61 Å². The highest BCUT2D eigenvalue weighted by Crippen LogP contribution is 2.30. The number of aromatic nitrogens is 1. The first kappa shape index (κ1) is 19.3. The van der Waals surface area contributed by atoms with Gasteiger partial charge in [-0.15, -0.1) is 0 Å². The largest absolute Gasteiger partial charge is 0.486 e. The molecule has 7 nitrogen and oxygen atoms in total. The van der Waals surface area contributed by atoms with Gasteiger partial charge in [-0.25, -0.2) is 14.4 Å². The van der Waals surface area contributed by atoms with Crippen LogP contribution >= 0.6 is 0 Å². The maximum atomic E-state index is 14.0. The number of hydrogen-bond donors (Lipinski definition) is 2. The molecular weight excluding hydrogens is 373 g/mol. The highest BCUT2D eigenvalue weighted by Gasteiger charge is 2.26. The SMILES string of the molecule is CCNC(=NCC1COc2ccccc2O1)NC1CCN(c2ncccc2F)C1. The number of aliphatic imine (C=N–C) groups is 1. The first-order chi connectivity index (χ1) is 14.2. The number of pyridine rings is 1. The summed E-state index contributed by atoms with van der Waals surface area (Å²) >= 11 is 0. The van der Waals surface area contributed by atoms with Gasteiger partial charge in [0.15, 0.2) is 35.2 Å². The van der Waals surface area contributed by atoms with E-state index < -0.39 is 0 Å². The van der Waals surface area contributed by atoms with Crippen molar-refractivity contribution in [3.63, 3.8) is 0 Å². The van der Waals surface area contributed by atoms with Crippen LogP contribution in [-0.4, -0.2) is 55.9 Å². The Labute approximate surface area is 169 Å². The number of ether oxygens (including phenoxy) is 2. The lowest BCUT2D eigenvalue weighted by Gasteiger charge is -2.26. The van der Waals surface area contributed by atoms with Crippen molar-refractivity contribution in [2.45, 2.75) is 25.5 Å². The molecule has 0 radical (unpaired) electrons. The van der Waals surface area contributed by atoms with Crippen molar-refractivity contribution in [2.24, 2.45) is 4.99 Å². The third-order valence-electron chi connectivity index (χ3n) is 4.93. The Hall–Kier alpha value is -3.03. The second-order valence-electron chi connectivity index (χ2n) is 7.10. The highest BCUT2D eigenvalue weighted by molar-refractivity contribution is 5.80. The van der Waals surface area contributed by atoms with E-state index in [1.54, 1.807) is 12.3 Å². The van der Waals surface area contributed by atoms with Gasteiger partial charge in [0.05, 0.1) is 6.54 Å². The van der Waals surface area contributed by atoms with Crippen LogP contribution < -0.4 is 25.0 Å². The average molecular weight is 399 g/mol. The van der Waals surface area contributed by atoms with Crippen molar-refractivity contribution in [3.8, 4) is 11.5 Å². The van der Waals surface area contributed by atoms with E-state index in [-0.39, 0.29) is 18.0 Å². The standard InChI is InChI=1S/C21H26FN5O2/c1-2-23-21(25-12-16-14-28-18-7-3-4-8-19(18)29-16)26-15-9-11-27(13-15)20-17(22)6-5-10-24-20/h3-8,10,15-16H,2,9,11-14H2,1H3,(H2,23,25,26). The molecule has 2 aliphatic heterocycles. The summed E-state index contributed by atoms with van der Waals surface area (Å²) in [7, 11) is 0. The van der Waals surface area contributed by atoms with Gasteiger partial charge in [-0.05, 0) is 37.6 Å². The molecule has 0 bridgehead atoms. The summed E-state index contributed by atoms with van der Waals surface area (Å²) < 4.78 is 25.7. The molecule has 2 atom stereocenters. The number of guanidine groups is 1. The van der Waals surface area contributed by atoms with Crippen LogP contribution in [0.1, 0.15) is 13.3 Å². The highest BCUT2D eigenvalue weighted by atomic mass is 19.1. The molecule has 0 amide bonds. The van der Waals surface area contributed by atoms with Gasteiger partial charge < -0.3 is 25.0 Å². The van der Waals surface area contributed by atoms with Gasteiger partial charge in [-0.2, -0.15) is 0 Å². The van der Waals surface area contributed by atoms with Gasteiger partial charge in [0.2, 0.25) is 0 Å². The monoisotopic (exact) mass is 399 g/mol. The minimum Gasteiger partial charge on any atom is -0.486 e. The molecule has 2 aliphatic rings. The van der Waals surface area contributed by atoms with E-state index >= 15 is 0 Å². The molecule has 8 heteroatoms. The zero-order valence-corrected chi connectivity index (χ0v) is 16.5. The van der Waals surface area contributed by atoms with E-state index in [1.165, 1.54) is 6.07 Å².